The van der Waals surface area contributed by atoms with Crippen LogP contribution in [-0.2, 0) is 11.3 Å². The normalized spacial score (nSPS) is 23.0. The number of ether oxygens (including phenoxy) is 1. The third-order valence-corrected chi connectivity index (χ3v) is 4.75. The van der Waals surface area contributed by atoms with Gasteiger partial charge < -0.3 is 19.9 Å². The molecule has 3 rings (SSSR count). The van der Waals surface area contributed by atoms with Gasteiger partial charge in [0.2, 0.25) is 0 Å². The molecule has 1 N–H and O–H groups in total. The molecular formula is C18H29N3O. The van der Waals surface area contributed by atoms with Gasteiger partial charge >= 0.3 is 0 Å². The van der Waals surface area contributed by atoms with Crippen molar-refractivity contribution in [2.75, 3.05) is 57.9 Å². The maximum Gasteiger partial charge on any atom is 0.0642 e. The lowest BCUT2D eigenvalue weighted by Crippen LogP contribution is -2.38. The molecule has 0 aliphatic carbocycles. The molecule has 1 atom stereocenters. The number of nitrogens with one attached hydrogen (secondary N) is 1. The van der Waals surface area contributed by atoms with Gasteiger partial charge in [-0.15, -0.1) is 0 Å². The van der Waals surface area contributed by atoms with Gasteiger partial charge in [-0.3, -0.25) is 0 Å². The van der Waals surface area contributed by atoms with Gasteiger partial charge in [-0.25, -0.2) is 0 Å². The molecule has 1 unspecified atom stereocenters. The second-order valence-corrected chi connectivity index (χ2v) is 6.64. The van der Waals surface area contributed by atoms with Crippen LogP contribution in [0.1, 0.15) is 18.4 Å². The van der Waals surface area contributed by atoms with Crippen LogP contribution in [-0.4, -0.2) is 57.9 Å². The molecule has 0 saturated carbocycles. The Morgan fingerprint density at radius 1 is 1.27 bits per heavy atom. The quantitative estimate of drug-likeness (QED) is 0.900. The second-order valence-electron chi connectivity index (χ2n) is 6.64. The lowest BCUT2D eigenvalue weighted by molar-refractivity contribution is 0.122. The number of nitrogens with zero attached hydrogens (tertiary/aromatic N) is 2. The highest BCUT2D eigenvalue weighted by molar-refractivity contribution is 5.53. The topological polar surface area (TPSA) is 27.7 Å². The van der Waals surface area contributed by atoms with Crippen molar-refractivity contribution in [1.82, 2.24) is 10.2 Å². The zero-order chi connectivity index (χ0) is 15.2. The van der Waals surface area contributed by atoms with Gasteiger partial charge in [-0.1, -0.05) is 18.2 Å². The molecule has 1 aromatic carbocycles. The van der Waals surface area contributed by atoms with Crippen LogP contribution in [0, 0.1) is 5.92 Å². The van der Waals surface area contributed by atoms with Crippen molar-refractivity contribution in [3.8, 4) is 0 Å². The highest BCUT2D eigenvalue weighted by Crippen LogP contribution is 2.23. The Balaban J connectivity index is 1.61. The molecule has 122 valence electrons. The van der Waals surface area contributed by atoms with Gasteiger partial charge in [0.05, 0.1) is 13.2 Å². The Bertz CT molecular complexity index is 453. The van der Waals surface area contributed by atoms with Gasteiger partial charge in [-0.2, -0.15) is 0 Å². The number of rotatable bonds is 5. The molecule has 2 heterocycles. The van der Waals surface area contributed by atoms with E-state index in [1.165, 1.54) is 43.7 Å². The van der Waals surface area contributed by atoms with Gasteiger partial charge in [-0.05, 0) is 50.5 Å². The van der Waals surface area contributed by atoms with Crippen molar-refractivity contribution < 1.29 is 4.74 Å². The molecule has 2 saturated heterocycles. The van der Waals surface area contributed by atoms with Crippen molar-refractivity contribution in [2.45, 2.75) is 19.4 Å². The van der Waals surface area contributed by atoms with Crippen LogP contribution in [0.2, 0.25) is 0 Å². The Hall–Kier alpha value is -1.10. The fourth-order valence-electron chi connectivity index (χ4n) is 3.63. The maximum atomic E-state index is 5.48. The van der Waals surface area contributed by atoms with E-state index in [4.69, 9.17) is 4.74 Å². The summed E-state index contributed by atoms with van der Waals surface area (Å²) >= 11 is 0. The van der Waals surface area contributed by atoms with Gasteiger partial charge in [0.25, 0.3) is 0 Å². The molecule has 0 amide bonds. The smallest absolute Gasteiger partial charge is 0.0642 e. The number of hydrogen-bond acceptors (Lipinski definition) is 4. The molecule has 4 nitrogen and oxygen atoms in total. The van der Waals surface area contributed by atoms with E-state index in [0.717, 1.165) is 38.8 Å². The van der Waals surface area contributed by atoms with Crippen LogP contribution in [0.3, 0.4) is 0 Å². The number of anilines is 1. The van der Waals surface area contributed by atoms with E-state index in [2.05, 4.69) is 46.4 Å². The first-order valence-electron chi connectivity index (χ1n) is 8.63. The predicted molar refractivity (Wildman–Crippen MR) is 91.4 cm³/mol. The monoisotopic (exact) mass is 303 g/mol. The third-order valence-electron chi connectivity index (χ3n) is 4.75. The summed E-state index contributed by atoms with van der Waals surface area (Å²) in [6, 6.07) is 8.85. The minimum atomic E-state index is 0.800. The average molecular weight is 303 g/mol. The van der Waals surface area contributed by atoms with E-state index in [0.29, 0.717) is 0 Å². The van der Waals surface area contributed by atoms with Crippen molar-refractivity contribution in [2.24, 2.45) is 5.92 Å². The van der Waals surface area contributed by atoms with E-state index in [-0.39, 0.29) is 0 Å². The summed E-state index contributed by atoms with van der Waals surface area (Å²) in [7, 11) is 2.25. The molecule has 0 spiro atoms. The summed E-state index contributed by atoms with van der Waals surface area (Å²) in [5.41, 5.74) is 2.83. The van der Waals surface area contributed by atoms with Gasteiger partial charge in [0.1, 0.15) is 0 Å². The van der Waals surface area contributed by atoms with E-state index in [1.807, 2.05) is 0 Å². The molecule has 1 aromatic rings. The Morgan fingerprint density at radius 2 is 2.09 bits per heavy atom. The minimum Gasteiger partial charge on any atom is -0.378 e. The van der Waals surface area contributed by atoms with Crippen molar-refractivity contribution in [3.63, 3.8) is 0 Å². The molecular weight excluding hydrogens is 274 g/mol. The Labute approximate surface area is 134 Å². The highest BCUT2D eigenvalue weighted by Gasteiger charge is 2.18. The van der Waals surface area contributed by atoms with E-state index in [1.54, 1.807) is 0 Å². The molecule has 2 aliphatic rings. The van der Waals surface area contributed by atoms with Crippen molar-refractivity contribution in [3.05, 3.63) is 29.8 Å². The number of piperidine rings is 1. The summed E-state index contributed by atoms with van der Waals surface area (Å²) in [5, 5.41) is 3.52. The summed E-state index contributed by atoms with van der Waals surface area (Å²) in [6.45, 7) is 8.29. The largest absolute Gasteiger partial charge is 0.378 e. The van der Waals surface area contributed by atoms with Crippen LogP contribution in [0.4, 0.5) is 5.69 Å². The van der Waals surface area contributed by atoms with E-state index in [9.17, 15) is 0 Å². The average Bonchev–Trinajstić information content (AvgIpc) is 2.57. The highest BCUT2D eigenvalue weighted by atomic mass is 16.5. The van der Waals surface area contributed by atoms with Crippen LogP contribution >= 0.6 is 0 Å². The van der Waals surface area contributed by atoms with E-state index < -0.39 is 0 Å². The summed E-state index contributed by atoms with van der Waals surface area (Å²) < 4.78 is 5.48. The van der Waals surface area contributed by atoms with Crippen molar-refractivity contribution in [1.29, 1.82) is 0 Å². The molecule has 2 fully saturated rings. The van der Waals surface area contributed by atoms with Gasteiger partial charge in [0.15, 0.2) is 0 Å². The Morgan fingerprint density at radius 3 is 2.86 bits per heavy atom. The summed E-state index contributed by atoms with van der Waals surface area (Å²) in [5.74, 6) is 0.800. The van der Waals surface area contributed by atoms with Crippen LogP contribution in [0.15, 0.2) is 24.3 Å². The zero-order valence-corrected chi connectivity index (χ0v) is 13.8. The van der Waals surface area contributed by atoms with Crippen LogP contribution < -0.4 is 10.2 Å². The SMILES string of the molecule is CN(Cc1ccccc1N1CCOCC1)CC1CCCNC1. The predicted octanol–water partition coefficient (Wildman–Crippen LogP) is 1.95. The number of para-hydroxylation sites is 1. The lowest BCUT2D eigenvalue weighted by Gasteiger charge is -2.32. The first-order chi connectivity index (χ1) is 10.8. The first-order valence-corrected chi connectivity index (χ1v) is 8.63. The Kier molecular flexibility index (Phi) is 5.70. The zero-order valence-electron chi connectivity index (χ0n) is 13.8. The van der Waals surface area contributed by atoms with Crippen molar-refractivity contribution >= 4 is 5.69 Å². The molecule has 0 radical (unpaired) electrons. The standard InChI is InChI=1S/C18H29N3O/c1-20(14-16-5-4-8-19-13-16)15-17-6-2-3-7-18(17)21-9-11-22-12-10-21/h2-3,6-7,16,19H,4-5,8-15H2,1H3. The summed E-state index contributed by atoms with van der Waals surface area (Å²) in [6.07, 6.45) is 2.69. The van der Waals surface area contributed by atoms with E-state index >= 15 is 0 Å². The fourth-order valence-corrected chi connectivity index (χ4v) is 3.63. The minimum absolute atomic E-state index is 0.800. The molecule has 4 heteroatoms. The first kappa shape index (κ1) is 15.8. The second kappa shape index (κ2) is 7.95. The summed E-state index contributed by atoms with van der Waals surface area (Å²) in [4.78, 5) is 4.95. The molecule has 0 bridgehead atoms. The molecule has 22 heavy (non-hydrogen) atoms. The molecule has 0 aromatic heterocycles. The number of hydrogen-bond donors (Lipinski definition) is 1. The number of morpholine rings is 1. The molecule has 2 aliphatic heterocycles. The lowest BCUT2D eigenvalue weighted by atomic mass is 9.99. The van der Waals surface area contributed by atoms with Crippen LogP contribution in [0.5, 0.6) is 0 Å². The van der Waals surface area contributed by atoms with Gasteiger partial charge in [0, 0.05) is 31.9 Å². The van der Waals surface area contributed by atoms with Crippen LogP contribution in [0.25, 0.3) is 0 Å². The number of benzene rings is 1. The third kappa shape index (κ3) is 4.22. The fraction of sp³-hybridized carbons (Fsp3) is 0.667. The maximum absolute atomic E-state index is 5.48.